The second-order valence-corrected chi connectivity index (χ2v) is 16.4. The minimum absolute atomic E-state index is 0.248. The molecule has 3 nitrogen and oxygen atoms in total. The van der Waals surface area contributed by atoms with Crippen molar-refractivity contribution in [3.8, 4) is 5.69 Å². The van der Waals surface area contributed by atoms with Crippen molar-refractivity contribution < 1.29 is 0 Å². The van der Waals surface area contributed by atoms with Crippen molar-refractivity contribution in [1.29, 1.82) is 5.41 Å². The third-order valence-electron chi connectivity index (χ3n) is 11.2. The fourth-order valence-electron chi connectivity index (χ4n) is 8.64. The second kappa shape index (κ2) is 11.7. The van der Waals surface area contributed by atoms with Crippen LogP contribution in [0.3, 0.4) is 0 Å². The van der Waals surface area contributed by atoms with Gasteiger partial charge in [-0.3, -0.25) is 5.41 Å². The number of benzene rings is 9. The predicted molar refractivity (Wildman–Crippen MR) is 240 cm³/mol. The summed E-state index contributed by atoms with van der Waals surface area (Å²) in [7, 11) is 0. The van der Waals surface area contributed by atoms with Crippen molar-refractivity contribution in [3.05, 3.63) is 175 Å². The molecule has 3 heterocycles. The summed E-state index contributed by atoms with van der Waals surface area (Å²) >= 11 is 3.55. The van der Waals surface area contributed by atoms with Crippen LogP contribution in [0.25, 0.3) is 100 Å². The zero-order chi connectivity index (χ0) is 36.2. The van der Waals surface area contributed by atoms with Gasteiger partial charge >= 0.3 is 0 Å². The van der Waals surface area contributed by atoms with Crippen LogP contribution in [-0.4, -0.2) is 16.6 Å². The maximum Gasteiger partial charge on any atom is 0.153 e. The number of nitrogens with one attached hydrogen (secondary N) is 1. The lowest BCUT2D eigenvalue weighted by atomic mass is 10.0. The van der Waals surface area contributed by atoms with Crippen LogP contribution in [0.5, 0.6) is 0 Å². The first-order valence-corrected chi connectivity index (χ1v) is 20.1. The Morgan fingerprint density at radius 3 is 1.78 bits per heavy atom. The summed E-state index contributed by atoms with van der Waals surface area (Å²) in [6, 6.07) is 59.1. The molecule has 12 aromatic rings. The molecule has 12 rings (SSSR count). The van der Waals surface area contributed by atoms with Crippen LogP contribution < -0.4 is 0 Å². The van der Waals surface area contributed by atoms with Crippen molar-refractivity contribution in [2.45, 2.75) is 0 Å². The molecular weight excluding hydrogens is 707 g/mol. The van der Waals surface area contributed by atoms with E-state index in [1.165, 1.54) is 73.3 Å². The number of thiophene rings is 2. The fraction of sp³-hybridized carbons (Fsp3) is 0. The molecule has 256 valence electrons. The highest BCUT2D eigenvalue weighted by molar-refractivity contribution is 7.27. The number of aromatic nitrogens is 1. The quantitative estimate of drug-likeness (QED) is 0.139. The Morgan fingerprint density at radius 1 is 0.455 bits per heavy atom. The summed E-state index contributed by atoms with van der Waals surface area (Å²) in [4.78, 5) is 4.96. The van der Waals surface area contributed by atoms with Crippen molar-refractivity contribution >= 4 is 129 Å². The Morgan fingerprint density at radius 2 is 1.05 bits per heavy atom. The molecule has 0 bridgehead atoms. The lowest BCUT2D eigenvalue weighted by Gasteiger charge is -2.12. The second-order valence-electron chi connectivity index (χ2n) is 14.3. The summed E-state index contributed by atoms with van der Waals surface area (Å²) in [5.41, 5.74) is 5.16. The summed E-state index contributed by atoms with van der Waals surface area (Å²) in [5.74, 6) is 0.248. The highest BCUT2D eigenvalue weighted by atomic mass is 32.1. The van der Waals surface area contributed by atoms with Crippen molar-refractivity contribution in [1.82, 2.24) is 4.57 Å². The van der Waals surface area contributed by atoms with Gasteiger partial charge in [0.1, 0.15) is 0 Å². The SMILES string of the molecule is N=C(/N=C/c1cccc2c1sc1ccccc12)c1cc(-n2c3cc4ccccc4cc3c3cc4ccccc4cc32)cc2c1sc1c3ccccc3ccc21. The standard InChI is InChI=1S/C50H29N3S2/c51-50(52-28-34-15-9-18-38-37-17-7-8-19-46(37)54-47(34)38)43-27-35(26-42-39-21-20-29-10-5-6-16-36(29)48(39)55-49(42)43)53-44-24-32-13-3-1-11-30(32)22-40(44)41-23-31-12-2-4-14-33(31)25-45(41)53/h1-28,51H/b51-50?,52-28+. The molecule has 0 amide bonds. The molecule has 0 saturated carbocycles. The number of rotatable bonds is 3. The molecule has 0 saturated heterocycles. The summed E-state index contributed by atoms with van der Waals surface area (Å²) < 4.78 is 7.17. The number of hydrogen-bond acceptors (Lipinski definition) is 3. The van der Waals surface area contributed by atoms with Crippen molar-refractivity contribution in [2.24, 2.45) is 4.99 Å². The largest absolute Gasteiger partial charge is 0.309 e. The summed E-state index contributed by atoms with van der Waals surface area (Å²) in [6.07, 6.45) is 1.89. The smallest absolute Gasteiger partial charge is 0.153 e. The molecule has 9 aromatic carbocycles. The zero-order valence-corrected chi connectivity index (χ0v) is 31.0. The van der Waals surface area contributed by atoms with Crippen LogP contribution in [0, 0.1) is 5.41 Å². The lowest BCUT2D eigenvalue weighted by Crippen LogP contribution is -2.01. The van der Waals surface area contributed by atoms with Gasteiger partial charge in [-0.05, 0) is 74.8 Å². The van der Waals surface area contributed by atoms with Crippen LogP contribution in [0.2, 0.25) is 0 Å². The van der Waals surface area contributed by atoms with Gasteiger partial charge in [0.15, 0.2) is 5.84 Å². The molecule has 1 N–H and O–H groups in total. The summed E-state index contributed by atoms with van der Waals surface area (Å²) in [6.45, 7) is 0. The van der Waals surface area contributed by atoms with Crippen molar-refractivity contribution in [3.63, 3.8) is 0 Å². The first-order chi connectivity index (χ1) is 27.2. The Labute approximate surface area is 323 Å². The maximum absolute atomic E-state index is 9.68. The highest BCUT2D eigenvalue weighted by Gasteiger charge is 2.20. The lowest BCUT2D eigenvalue weighted by molar-refractivity contribution is 1.19. The molecule has 3 aromatic heterocycles. The van der Waals surface area contributed by atoms with Gasteiger partial charge in [-0.25, -0.2) is 4.99 Å². The van der Waals surface area contributed by atoms with E-state index < -0.39 is 0 Å². The van der Waals surface area contributed by atoms with Gasteiger partial charge < -0.3 is 4.57 Å². The van der Waals surface area contributed by atoms with Gasteiger partial charge in [0.2, 0.25) is 0 Å². The van der Waals surface area contributed by atoms with Gasteiger partial charge in [-0.1, -0.05) is 121 Å². The normalized spacial score (nSPS) is 12.4. The van der Waals surface area contributed by atoms with Gasteiger partial charge in [0, 0.05) is 74.1 Å². The van der Waals surface area contributed by atoms with E-state index in [-0.39, 0.29) is 5.84 Å². The van der Waals surface area contributed by atoms with E-state index in [2.05, 4.69) is 168 Å². The summed E-state index contributed by atoms with van der Waals surface area (Å²) in [5, 5.41) is 24.2. The average Bonchev–Trinajstić information content (AvgIpc) is 3.90. The number of nitrogens with zero attached hydrogens (tertiary/aromatic N) is 2. The Kier molecular flexibility index (Phi) is 6.53. The first kappa shape index (κ1) is 30.8. The predicted octanol–water partition coefficient (Wildman–Crippen LogP) is 14.4. The van der Waals surface area contributed by atoms with Crippen LogP contribution in [0.1, 0.15) is 11.1 Å². The van der Waals surface area contributed by atoms with Crippen molar-refractivity contribution in [2.75, 3.05) is 0 Å². The molecule has 5 heteroatoms. The van der Waals surface area contributed by atoms with Gasteiger partial charge in [0.25, 0.3) is 0 Å². The number of fused-ring (bicyclic) bond motifs is 13. The molecule has 0 aliphatic heterocycles. The van der Waals surface area contributed by atoms with Crippen LogP contribution >= 0.6 is 22.7 Å². The van der Waals surface area contributed by atoms with Crippen LogP contribution in [-0.2, 0) is 0 Å². The Hall–Kier alpha value is -6.66. The van der Waals surface area contributed by atoms with E-state index in [1.807, 2.05) is 6.21 Å². The molecular formula is C50H29N3S2. The number of hydrogen-bond donors (Lipinski definition) is 1. The van der Waals surface area contributed by atoms with Gasteiger partial charge in [-0.2, -0.15) is 0 Å². The van der Waals surface area contributed by atoms with E-state index >= 15 is 0 Å². The molecule has 0 atom stereocenters. The minimum Gasteiger partial charge on any atom is -0.309 e. The van der Waals surface area contributed by atoms with Crippen LogP contribution in [0.15, 0.2) is 169 Å². The van der Waals surface area contributed by atoms with E-state index in [0.717, 1.165) is 37.9 Å². The van der Waals surface area contributed by atoms with E-state index in [1.54, 1.807) is 22.7 Å². The Bertz CT molecular complexity index is 3540. The average molecular weight is 736 g/mol. The fourth-order valence-corrected chi connectivity index (χ4v) is 11.1. The van der Waals surface area contributed by atoms with Crippen LogP contribution in [0.4, 0.5) is 0 Å². The Balaban J connectivity index is 1.14. The molecule has 0 unspecified atom stereocenters. The maximum atomic E-state index is 9.68. The molecule has 0 fully saturated rings. The number of amidine groups is 1. The molecule has 0 aliphatic carbocycles. The highest BCUT2D eigenvalue weighted by Crippen LogP contribution is 2.44. The first-order valence-electron chi connectivity index (χ1n) is 18.4. The third kappa shape index (κ3) is 4.61. The van der Waals surface area contributed by atoms with E-state index in [4.69, 9.17) is 4.99 Å². The van der Waals surface area contributed by atoms with Gasteiger partial charge in [-0.15, -0.1) is 22.7 Å². The monoisotopic (exact) mass is 735 g/mol. The number of aliphatic imine (C=N–C) groups is 1. The van der Waals surface area contributed by atoms with E-state index in [0.29, 0.717) is 0 Å². The molecule has 0 radical (unpaired) electrons. The molecule has 0 aliphatic rings. The van der Waals surface area contributed by atoms with E-state index in [9.17, 15) is 5.41 Å². The molecule has 55 heavy (non-hydrogen) atoms. The topological polar surface area (TPSA) is 41.1 Å². The third-order valence-corrected chi connectivity index (χ3v) is 13.8. The minimum atomic E-state index is 0.248. The van der Waals surface area contributed by atoms with Gasteiger partial charge in [0.05, 0.1) is 11.0 Å². The molecule has 0 spiro atoms. The zero-order valence-electron chi connectivity index (χ0n) is 29.4.